The Morgan fingerprint density at radius 2 is 1.15 bits per heavy atom. The lowest BCUT2D eigenvalue weighted by molar-refractivity contribution is 0.145. The van der Waals surface area contributed by atoms with Crippen molar-refractivity contribution in [3.63, 3.8) is 0 Å². The number of hydrogen-bond acceptors (Lipinski definition) is 3. The first kappa shape index (κ1) is 28.8. The fraction of sp³-hybridized carbons (Fsp3) is 0.412. The van der Waals surface area contributed by atoms with Crippen LogP contribution >= 0.6 is 0 Å². The van der Waals surface area contributed by atoms with Gasteiger partial charge in [-0.3, -0.25) is 4.90 Å². The number of benzene rings is 3. The highest BCUT2D eigenvalue weighted by Gasteiger charge is 2.30. The summed E-state index contributed by atoms with van der Waals surface area (Å²) in [5.41, 5.74) is 5.77. The topological polar surface area (TPSA) is 26.7 Å². The Kier molecular flexibility index (Phi) is 8.22. The van der Waals surface area contributed by atoms with Crippen LogP contribution in [0.15, 0.2) is 66.7 Å². The fourth-order valence-corrected chi connectivity index (χ4v) is 5.58. The lowest BCUT2D eigenvalue weighted by Gasteiger charge is -2.42. The average molecular weight is 533 g/mol. The summed E-state index contributed by atoms with van der Waals surface area (Å²) >= 11 is 0. The number of phenolic OH excluding ortho intramolecular Hbond substituents is 1. The second-order valence-electron chi connectivity index (χ2n) is 12.6. The summed E-state index contributed by atoms with van der Waals surface area (Å²) in [6.07, 6.45) is 2.17. The van der Waals surface area contributed by atoms with Crippen LogP contribution < -0.4 is 0 Å². The molecule has 1 N–H and O–H groups in total. The van der Waals surface area contributed by atoms with Crippen molar-refractivity contribution in [3.05, 3.63) is 106 Å². The highest BCUT2D eigenvalue weighted by molar-refractivity contribution is 5.68. The molecule has 1 heterocycles. The largest absolute Gasteiger partial charge is 0.507 e. The first-order valence-corrected chi connectivity index (χ1v) is 13.8. The molecule has 0 bridgehead atoms. The van der Waals surface area contributed by atoms with Gasteiger partial charge in [0.1, 0.15) is 17.4 Å². The monoisotopic (exact) mass is 532 g/mol. The van der Waals surface area contributed by atoms with Gasteiger partial charge in [0.15, 0.2) is 0 Å². The minimum atomic E-state index is -0.266. The number of aromatic hydroxyl groups is 1. The van der Waals surface area contributed by atoms with E-state index in [-0.39, 0.29) is 28.5 Å². The molecule has 1 aliphatic heterocycles. The number of rotatable bonds is 5. The van der Waals surface area contributed by atoms with E-state index in [1.807, 2.05) is 24.3 Å². The van der Waals surface area contributed by atoms with E-state index in [9.17, 15) is 13.9 Å². The summed E-state index contributed by atoms with van der Waals surface area (Å²) in [5.74, 6) is -0.143. The third kappa shape index (κ3) is 6.36. The zero-order chi connectivity index (χ0) is 28.5. The molecule has 3 nitrogen and oxygen atoms in total. The summed E-state index contributed by atoms with van der Waals surface area (Å²) in [4.78, 5) is 4.80. The minimum absolute atomic E-state index is 0.0870. The molecule has 0 aromatic heterocycles. The number of nitrogens with zero attached hydrogens (tertiary/aromatic N) is 2. The van der Waals surface area contributed by atoms with Crippen LogP contribution in [0.4, 0.5) is 8.78 Å². The maximum Gasteiger partial charge on any atom is 0.123 e. The number of halogens is 2. The Balaban J connectivity index is 1.63. The van der Waals surface area contributed by atoms with Crippen molar-refractivity contribution in [1.82, 2.24) is 9.80 Å². The van der Waals surface area contributed by atoms with Gasteiger partial charge in [0.2, 0.25) is 0 Å². The zero-order valence-electron chi connectivity index (χ0n) is 24.4. The van der Waals surface area contributed by atoms with Gasteiger partial charge in [-0.15, -0.1) is 0 Å². The molecule has 3 aromatic rings. The van der Waals surface area contributed by atoms with E-state index < -0.39 is 0 Å². The van der Waals surface area contributed by atoms with E-state index in [0.29, 0.717) is 5.75 Å². The average Bonchev–Trinajstić information content (AvgIpc) is 2.87. The second kappa shape index (κ2) is 11.1. The predicted molar refractivity (Wildman–Crippen MR) is 157 cm³/mol. The van der Waals surface area contributed by atoms with Crippen molar-refractivity contribution in [2.75, 3.05) is 26.2 Å². The quantitative estimate of drug-likeness (QED) is 0.360. The van der Waals surface area contributed by atoms with Gasteiger partial charge in [0.25, 0.3) is 0 Å². The Bertz CT molecular complexity index is 1230. The van der Waals surface area contributed by atoms with Gasteiger partial charge in [0, 0.05) is 43.0 Å². The molecule has 1 aliphatic rings. The number of phenols is 1. The van der Waals surface area contributed by atoms with Gasteiger partial charge in [-0.25, -0.2) is 8.78 Å². The highest BCUT2D eigenvalue weighted by Crippen LogP contribution is 2.42. The van der Waals surface area contributed by atoms with E-state index in [0.717, 1.165) is 59.7 Å². The maximum atomic E-state index is 13.7. The zero-order valence-corrected chi connectivity index (χ0v) is 24.4. The second-order valence-corrected chi connectivity index (χ2v) is 12.6. The predicted octanol–water partition coefficient (Wildman–Crippen LogP) is 8.03. The molecular weight excluding hydrogens is 490 g/mol. The normalized spacial score (nSPS) is 15.7. The molecule has 0 saturated carbocycles. The van der Waals surface area contributed by atoms with E-state index in [2.05, 4.69) is 76.5 Å². The van der Waals surface area contributed by atoms with Crippen LogP contribution in [0.25, 0.3) is 5.70 Å². The van der Waals surface area contributed by atoms with Gasteiger partial charge < -0.3 is 10.0 Å². The van der Waals surface area contributed by atoms with Crippen molar-refractivity contribution in [1.29, 1.82) is 0 Å². The van der Waals surface area contributed by atoms with Gasteiger partial charge in [0.05, 0.1) is 6.04 Å². The summed E-state index contributed by atoms with van der Waals surface area (Å²) < 4.78 is 27.5. The fourth-order valence-electron chi connectivity index (χ4n) is 5.58. The third-order valence-electron chi connectivity index (χ3n) is 7.69. The summed E-state index contributed by atoms with van der Waals surface area (Å²) in [5, 5.41) is 11.2. The van der Waals surface area contributed by atoms with Crippen molar-refractivity contribution in [2.24, 2.45) is 0 Å². The van der Waals surface area contributed by atoms with E-state index in [1.54, 1.807) is 0 Å². The lowest BCUT2D eigenvalue weighted by Crippen LogP contribution is -2.47. The Labute approximate surface area is 232 Å². The SMILES string of the molecule is CC=C(c1cc(C(C)(C)C)c(O)c(C(C)(C)C)c1)N1CCN(C(c2ccc(F)cc2)c2ccc(F)cc2)CC1. The first-order chi connectivity index (χ1) is 18.3. The van der Waals surface area contributed by atoms with Crippen molar-refractivity contribution >= 4 is 5.70 Å². The van der Waals surface area contributed by atoms with Crippen molar-refractivity contribution < 1.29 is 13.9 Å². The Hall–Kier alpha value is -3.18. The molecule has 1 saturated heterocycles. The molecular formula is C34H42F2N2O. The van der Waals surface area contributed by atoms with Gasteiger partial charge >= 0.3 is 0 Å². The van der Waals surface area contributed by atoms with Crippen LogP contribution in [0.3, 0.4) is 0 Å². The summed E-state index contributed by atoms with van der Waals surface area (Å²) in [7, 11) is 0. The molecule has 3 aromatic carbocycles. The Morgan fingerprint density at radius 3 is 1.51 bits per heavy atom. The highest BCUT2D eigenvalue weighted by atomic mass is 19.1. The van der Waals surface area contributed by atoms with E-state index in [4.69, 9.17) is 0 Å². The lowest BCUT2D eigenvalue weighted by atomic mass is 9.78. The van der Waals surface area contributed by atoms with Gasteiger partial charge in [-0.2, -0.15) is 0 Å². The molecule has 0 radical (unpaired) electrons. The van der Waals surface area contributed by atoms with Crippen molar-refractivity contribution in [2.45, 2.75) is 65.3 Å². The Morgan fingerprint density at radius 1 is 0.744 bits per heavy atom. The maximum absolute atomic E-state index is 13.7. The summed E-state index contributed by atoms with van der Waals surface area (Å²) in [6.45, 7) is 18.1. The van der Waals surface area contributed by atoms with Crippen LogP contribution in [-0.2, 0) is 10.8 Å². The molecule has 0 aliphatic carbocycles. The third-order valence-corrected chi connectivity index (χ3v) is 7.69. The number of piperazine rings is 1. The van der Waals surface area contributed by atoms with Gasteiger partial charge in [-0.1, -0.05) is 71.9 Å². The van der Waals surface area contributed by atoms with Gasteiger partial charge in [-0.05, 0) is 70.8 Å². The molecule has 0 unspecified atom stereocenters. The van der Waals surface area contributed by atoms with Crippen LogP contribution in [0.2, 0.25) is 0 Å². The molecule has 1 fully saturated rings. The van der Waals surface area contributed by atoms with Crippen molar-refractivity contribution in [3.8, 4) is 5.75 Å². The molecule has 0 amide bonds. The minimum Gasteiger partial charge on any atom is -0.507 e. The van der Waals surface area contributed by atoms with Crippen LogP contribution in [0.1, 0.15) is 82.3 Å². The smallest absolute Gasteiger partial charge is 0.123 e. The first-order valence-electron chi connectivity index (χ1n) is 13.8. The van der Waals surface area contributed by atoms with Crippen LogP contribution in [0.5, 0.6) is 5.75 Å². The van der Waals surface area contributed by atoms with E-state index in [1.165, 1.54) is 24.3 Å². The molecule has 39 heavy (non-hydrogen) atoms. The molecule has 0 atom stereocenters. The van der Waals surface area contributed by atoms with Crippen LogP contribution in [-0.4, -0.2) is 41.1 Å². The molecule has 5 heteroatoms. The standard InChI is InChI=1S/C34H42F2N2O/c1-8-30(25-21-28(33(2,3)4)32(39)29(22-25)34(5,6)7)37-17-19-38(20-18-37)31(23-9-13-26(35)14-10-23)24-11-15-27(36)16-12-24/h8-16,21-22,31,39H,17-20H2,1-7H3. The summed E-state index contributed by atoms with van der Waals surface area (Å²) in [6, 6.07) is 17.5. The molecule has 208 valence electrons. The number of allylic oxidation sites excluding steroid dienone is 1. The molecule has 0 spiro atoms. The number of hydrogen-bond donors (Lipinski definition) is 1. The molecule has 4 rings (SSSR count). The van der Waals surface area contributed by atoms with Crippen LogP contribution in [0, 0.1) is 11.6 Å². The van der Waals surface area contributed by atoms with E-state index >= 15 is 0 Å².